The Labute approximate surface area is 114 Å². The highest BCUT2D eigenvalue weighted by Gasteiger charge is 2.05. The van der Waals surface area contributed by atoms with Gasteiger partial charge >= 0.3 is 0 Å². The second-order valence-corrected chi connectivity index (χ2v) is 4.71. The lowest BCUT2D eigenvalue weighted by molar-refractivity contribution is 0.307. The van der Waals surface area contributed by atoms with Crippen LogP contribution in [0.1, 0.15) is 18.3 Å². The molecule has 0 aliphatic heterocycles. The minimum Gasteiger partial charge on any atom is -0.370 e. The van der Waals surface area contributed by atoms with Crippen LogP contribution in [0.15, 0.2) is 30.7 Å². The van der Waals surface area contributed by atoms with Gasteiger partial charge in [0.05, 0.1) is 6.54 Å². The summed E-state index contributed by atoms with van der Waals surface area (Å²) in [5, 5.41) is 3.19. The molecule has 0 saturated carbocycles. The average Bonchev–Trinajstić information content (AvgIpc) is 2.78. The number of nitrogens with one attached hydrogen (secondary N) is 1. The van der Waals surface area contributed by atoms with Crippen LogP contribution >= 0.6 is 0 Å². The van der Waals surface area contributed by atoms with Gasteiger partial charge in [-0.15, -0.1) is 0 Å². The van der Waals surface area contributed by atoms with Crippen LogP contribution in [-0.2, 0) is 20.1 Å². The number of aromatic nitrogens is 3. The fourth-order valence-electron chi connectivity index (χ4n) is 1.96. The number of anilines is 1. The molecule has 19 heavy (non-hydrogen) atoms. The average molecular weight is 259 g/mol. The molecule has 0 atom stereocenters. The van der Waals surface area contributed by atoms with Crippen molar-refractivity contribution >= 4 is 5.82 Å². The third kappa shape index (κ3) is 3.79. The molecule has 102 valence electrons. The normalized spacial score (nSPS) is 10.9. The van der Waals surface area contributed by atoms with E-state index in [0.29, 0.717) is 0 Å². The molecule has 0 radical (unpaired) electrons. The second kappa shape index (κ2) is 6.33. The molecule has 2 aromatic heterocycles. The molecule has 2 rings (SSSR count). The van der Waals surface area contributed by atoms with Gasteiger partial charge in [0.15, 0.2) is 0 Å². The summed E-state index contributed by atoms with van der Waals surface area (Å²) in [5.74, 6) is 2.00. The van der Waals surface area contributed by atoms with Crippen LogP contribution in [0.5, 0.6) is 0 Å². The first kappa shape index (κ1) is 13.5. The molecule has 1 N–H and O–H groups in total. The fourth-order valence-corrected chi connectivity index (χ4v) is 1.96. The largest absolute Gasteiger partial charge is 0.370 e. The van der Waals surface area contributed by atoms with E-state index in [1.807, 2.05) is 36.3 Å². The zero-order valence-electron chi connectivity index (χ0n) is 11.8. The smallest absolute Gasteiger partial charge is 0.125 e. The second-order valence-electron chi connectivity index (χ2n) is 4.71. The van der Waals surface area contributed by atoms with E-state index >= 15 is 0 Å². The third-order valence-electron chi connectivity index (χ3n) is 2.97. The molecule has 0 aliphatic carbocycles. The maximum Gasteiger partial charge on any atom is 0.125 e. The molecule has 0 aliphatic rings. The summed E-state index contributed by atoms with van der Waals surface area (Å²) < 4.78 is 2.04. The first-order valence-electron chi connectivity index (χ1n) is 6.52. The van der Waals surface area contributed by atoms with Crippen molar-refractivity contribution in [1.82, 2.24) is 19.4 Å². The lowest BCUT2D eigenvalue weighted by atomic mass is 10.2. The van der Waals surface area contributed by atoms with Crippen LogP contribution in [0.4, 0.5) is 5.82 Å². The Morgan fingerprint density at radius 3 is 2.68 bits per heavy atom. The Morgan fingerprint density at radius 2 is 2.11 bits per heavy atom. The number of rotatable bonds is 6. The van der Waals surface area contributed by atoms with Crippen molar-refractivity contribution < 1.29 is 0 Å². The van der Waals surface area contributed by atoms with Crippen molar-refractivity contribution in [2.45, 2.75) is 20.0 Å². The monoisotopic (exact) mass is 259 g/mol. The molecular formula is C14H21N5. The molecule has 5 heteroatoms. The zero-order chi connectivity index (χ0) is 13.7. The van der Waals surface area contributed by atoms with Gasteiger partial charge < -0.3 is 9.88 Å². The third-order valence-corrected chi connectivity index (χ3v) is 2.97. The summed E-state index contributed by atoms with van der Waals surface area (Å²) in [6, 6.07) is 4.13. The first-order chi connectivity index (χ1) is 9.19. The van der Waals surface area contributed by atoms with Crippen molar-refractivity contribution in [3.8, 4) is 0 Å². The van der Waals surface area contributed by atoms with E-state index in [1.165, 1.54) is 5.56 Å². The molecule has 0 amide bonds. The number of imidazole rings is 1. The summed E-state index contributed by atoms with van der Waals surface area (Å²) in [6.45, 7) is 4.66. The summed E-state index contributed by atoms with van der Waals surface area (Å²) in [7, 11) is 4.11. The topological polar surface area (TPSA) is 46.0 Å². The molecular weight excluding hydrogens is 238 g/mol. The van der Waals surface area contributed by atoms with Crippen LogP contribution in [0.3, 0.4) is 0 Å². The van der Waals surface area contributed by atoms with E-state index < -0.39 is 0 Å². The Hall–Kier alpha value is -1.88. The number of hydrogen-bond donors (Lipinski definition) is 1. The van der Waals surface area contributed by atoms with Crippen molar-refractivity contribution in [3.05, 3.63) is 42.1 Å². The predicted molar refractivity (Wildman–Crippen MR) is 76.8 cm³/mol. The van der Waals surface area contributed by atoms with Gasteiger partial charge in [-0.05, 0) is 25.6 Å². The lowest BCUT2D eigenvalue weighted by Gasteiger charge is -2.16. The highest BCUT2D eigenvalue weighted by Crippen LogP contribution is 2.08. The summed E-state index contributed by atoms with van der Waals surface area (Å²) >= 11 is 0. The molecule has 2 heterocycles. The minimum atomic E-state index is 0.832. The predicted octanol–water partition coefficient (Wildman–Crippen LogP) is 1.88. The zero-order valence-corrected chi connectivity index (χ0v) is 11.8. The number of nitrogens with zero attached hydrogens (tertiary/aromatic N) is 4. The van der Waals surface area contributed by atoms with Crippen molar-refractivity contribution in [2.75, 3.05) is 18.9 Å². The number of aryl methyl sites for hydroxylation is 1. The van der Waals surface area contributed by atoms with E-state index in [4.69, 9.17) is 0 Å². The molecule has 5 nitrogen and oxygen atoms in total. The van der Waals surface area contributed by atoms with Crippen LogP contribution in [0.2, 0.25) is 0 Å². The molecule has 0 bridgehead atoms. The molecule has 0 saturated heterocycles. The highest BCUT2D eigenvalue weighted by atomic mass is 15.1. The summed E-state index contributed by atoms with van der Waals surface area (Å²) in [5.41, 5.74) is 1.21. The van der Waals surface area contributed by atoms with Gasteiger partial charge in [0.25, 0.3) is 0 Å². The fraction of sp³-hybridized carbons (Fsp3) is 0.429. The highest BCUT2D eigenvalue weighted by molar-refractivity contribution is 5.35. The molecule has 0 fully saturated rings. The molecule has 0 unspecified atom stereocenters. The van der Waals surface area contributed by atoms with Crippen LogP contribution in [0.25, 0.3) is 0 Å². The molecule has 0 spiro atoms. The van der Waals surface area contributed by atoms with Crippen LogP contribution < -0.4 is 5.32 Å². The molecule has 0 aromatic carbocycles. The Balaban J connectivity index is 1.91. The maximum absolute atomic E-state index is 4.38. The molecule has 2 aromatic rings. The quantitative estimate of drug-likeness (QED) is 0.860. The van der Waals surface area contributed by atoms with E-state index in [-0.39, 0.29) is 0 Å². The maximum atomic E-state index is 4.38. The Kier molecular flexibility index (Phi) is 4.52. The van der Waals surface area contributed by atoms with Gasteiger partial charge in [0.1, 0.15) is 11.6 Å². The van der Waals surface area contributed by atoms with Gasteiger partial charge in [-0.25, -0.2) is 9.97 Å². The van der Waals surface area contributed by atoms with Gasteiger partial charge in [0.2, 0.25) is 0 Å². The Bertz CT molecular complexity index is 503. The van der Waals surface area contributed by atoms with Crippen LogP contribution in [0, 0.1) is 0 Å². The first-order valence-corrected chi connectivity index (χ1v) is 6.52. The van der Waals surface area contributed by atoms with Gasteiger partial charge in [-0.3, -0.25) is 4.90 Å². The van der Waals surface area contributed by atoms with E-state index in [2.05, 4.69) is 40.2 Å². The van der Waals surface area contributed by atoms with Crippen molar-refractivity contribution in [3.63, 3.8) is 0 Å². The van der Waals surface area contributed by atoms with Gasteiger partial charge in [0, 0.05) is 38.7 Å². The van der Waals surface area contributed by atoms with Gasteiger partial charge in [-0.2, -0.15) is 0 Å². The SMILES string of the molecule is CCNc1ccc(CN(C)Cc2nccn2C)cn1. The lowest BCUT2D eigenvalue weighted by Crippen LogP contribution is -2.19. The van der Waals surface area contributed by atoms with Gasteiger partial charge in [-0.1, -0.05) is 6.07 Å². The van der Waals surface area contributed by atoms with Crippen molar-refractivity contribution in [2.24, 2.45) is 7.05 Å². The number of pyridine rings is 1. The van der Waals surface area contributed by atoms with E-state index in [0.717, 1.165) is 31.3 Å². The summed E-state index contributed by atoms with van der Waals surface area (Å²) in [6.07, 6.45) is 5.72. The van der Waals surface area contributed by atoms with E-state index in [9.17, 15) is 0 Å². The Morgan fingerprint density at radius 1 is 1.26 bits per heavy atom. The van der Waals surface area contributed by atoms with Crippen LogP contribution in [-0.4, -0.2) is 33.0 Å². The standard InChI is InChI=1S/C14H21N5/c1-4-15-13-6-5-12(9-17-13)10-18(2)11-14-16-7-8-19(14)3/h5-9H,4,10-11H2,1-3H3,(H,15,17). The van der Waals surface area contributed by atoms with E-state index in [1.54, 1.807) is 0 Å². The van der Waals surface area contributed by atoms with Crippen molar-refractivity contribution in [1.29, 1.82) is 0 Å². The summed E-state index contributed by atoms with van der Waals surface area (Å²) in [4.78, 5) is 10.9. The minimum absolute atomic E-state index is 0.832. The number of hydrogen-bond acceptors (Lipinski definition) is 4.